The lowest BCUT2D eigenvalue weighted by atomic mass is 10.1. The van der Waals surface area contributed by atoms with Crippen molar-refractivity contribution in [1.29, 1.82) is 0 Å². The Morgan fingerprint density at radius 2 is 1.73 bits per heavy atom. The molecule has 1 aliphatic heterocycles. The molecule has 1 aromatic carbocycles. The van der Waals surface area contributed by atoms with Gasteiger partial charge >= 0.3 is 0 Å². The number of pyridine rings is 1. The molecule has 0 radical (unpaired) electrons. The van der Waals surface area contributed by atoms with E-state index in [9.17, 15) is 0 Å². The molecule has 1 saturated heterocycles. The SMILES string of the molecule is Cc1cccnc1CN1CCN(Cc2cccc(Br)c2)CC1. The molecule has 0 aliphatic carbocycles. The summed E-state index contributed by atoms with van der Waals surface area (Å²) >= 11 is 3.55. The Labute approximate surface area is 141 Å². The molecule has 0 unspecified atom stereocenters. The van der Waals surface area contributed by atoms with E-state index in [-0.39, 0.29) is 0 Å². The van der Waals surface area contributed by atoms with Crippen LogP contribution in [0.5, 0.6) is 0 Å². The second-order valence-corrected chi connectivity index (χ2v) is 6.86. The normalized spacial score (nSPS) is 16.8. The molecule has 0 bridgehead atoms. The zero-order valence-corrected chi connectivity index (χ0v) is 14.6. The lowest BCUT2D eigenvalue weighted by Crippen LogP contribution is -2.45. The molecule has 0 spiro atoms. The maximum absolute atomic E-state index is 4.51. The van der Waals surface area contributed by atoms with Gasteiger partial charge in [0.1, 0.15) is 0 Å². The lowest BCUT2D eigenvalue weighted by Gasteiger charge is -2.34. The van der Waals surface area contributed by atoms with Crippen molar-refractivity contribution < 1.29 is 0 Å². The maximum Gasteiger partial charge on any atom is 0.0573 e. The Morgan fingerprint density at radius 1 is 1.00 bits per heavy atom. The average Bonchev–Trinajstić information content (AvgIpc) is 2.52. The Hall–Kier alpha value is -1.23. The van der Waals surface area contributed by atoms with Crippen molar-refractivity contribution in [3.8, 4) is 0 Å². The molecule has 2 aromatic rings. The highest BCUT2D eigenvalue weighted by Crippen LogP contribution is 2.15. The third kappa shape index (κ3) is 4.15. The fraction of sp³-hybridized carbons (Fsp3) is 0.389. The van der Waals surface area contributed by atoms with E-state index in [4.69, 9.17) is 0 Å². The van der Waals surface area contributed by atoms with Crippen LogP contribution < -0.4 is 0 Å². The molecule has 0 atom stereocenters. The first kappa shape index (κ1) is 15.7. The number of piperazine rings is 1. The van der Waals surface area contributed by atoms with Gasteiger partial charge in [0.15, 0.2) is 0 Å². The van der Waals surface area contributed by atoms with Crippen LogP contribution in [0.2, 0.25) is 0 Å². The molecule has 3 rings (SSSR count). The minimum Gasteiger partial charge on any atom is -0.297 e. The molecule has 1 fully saturated rings. The van der Waals surface area contributed by atoms with E-state index >= 15 is 0 Å². The quantitative estimate of drug-likeness (QED) is 0.832. The van der Waals surface area contributed by atoms with Crippen LogP contribution in [0.25, 0.3) is 0 Å². The Balaban J connectivity index is 1.51. The van der Waals surface area contributed by atoms with Crippen LogP contribution in [0.4, 0.5) is 0 Å². The maximum atomic E-state index is 4.51. The molecule has 22 heavy (non-hydrogen) atoms. The van der Waals surface area contributed by atoms with Gasteiger partial charge < -0.3 is 0 Å². The number of rotatable bonds is 4. The minimum atomic E-state index is 0.970. The molecule has 0 amide bonds. The number of halogens is 1. The molecule has 116 valence electrons. The summed E-state index contributed by atoms with van der Waals surface area (Å²) in [6.45, 7) is 8.63. The highest BCUT2D eigenvalue weighted by Gasteiger charge is 2.18. The van der Waals surface area contributed by atoms with Crippen LogP contribution in [0.1, 0.15) is 16.8 Å². The second-order valence-electron chi connectivity index (χ2n) is 5.95. The third-order valence-corrected chi connectivity index (χ3v) is 4.74. The third-order valence-electron chi connectivity index (χ3n) is 4.25. The Kier molecular flexibility index (Phi) is 5.24. The van der Waals surface area contributed by atoms with Gasteiger partial charge in [0, 0.05) is 49.9 Å². The van der Waals surface area contributed by atoms with E-state index in [0.29, 0.717) is 0 Å². The van der Waals surface area contributed by atoms with Crippen molar-refractivity contribution in [2.75, 3.05) is 26.2 Å². The predicted octanol–water partition coefficient (Wildman–Crippen LogP) is 3.47. The van der Waals surface area contributed by atoms with E-state index in [1.54, 1.807) is 0 Å². The van der Waals surface area contributed by atoms with Gasteiger partial charge in [-0.05, 0) is 36.2 Å². The van der Waals surface area contributed by atoms with Gasteiger partial charge in [-0.15, -0.1) is 0 Å². The van der Waals surface area contributed by atoms with Gasteiger partial charge in [-0.2, -0.15) is 0 Å². The van der Waals surface area contributed by atoms with Crippen molar-refractivity contribution in [3.63, 3.8) is 0 Å². The van der Waals surface area contributed by atoms with E-state index < -0.39 is 0 Å². The van der Waals surface area contributed by atoms with Gasteiger partial charge in [-0.3, -0.25) is 14.8 Å². The molecule has 0 saturated carbocycles. The fourth-order valence-corrected chi connectivity index (χ4v) is 3.34. The topological polar surface area (TPSA) is 19.4 Å². The lowest BCUT2D eigenvalue weighted by molar-refractivity contribution is 0.121. The molecule has 1 aromatic heterocycles. The summed E-state index contributed by atoms with van der Waals surface area (Å²) in [5.74, 6) is 0. The highest BCUT2D eigenvalue weighted by atomic mass is 79.9. The number of nitrogens with zero attached hydrogens (tertiary/aromatic N) is 3. The Bertz CT molecular complexity index is 621. The number of hydrogen-bond donors (Lipinski definition) is 0. The van der Waals surface area contributed by atoms with Gasteiger partial charge in [-0.25, -0.2) is 0 Å². The van der Waals surface area contributed by atoms with Crippen LogP contribution in [0, 0.1) is 6.92 Å². The van der Waals surface area contributed by atoms with Gasteiger partial charge in [0.2, 0.25) is 0 Å². The van der Waals surface area contributed by atoms with E-state index in [2.05, 4.69) is 68.0 Å². The summed E-state index contributed by atoms with van der Waals surface area (Å²) in [5, 5.41) is 0. The predicted molar refractivity (Wildman–Crippen MR) is 93.7 cm³/mol. The van der Waals surface area contributed by atoms with Crippen molar-refractivity contribution in [1.82, 2.24) is 14.8 Å². The monoisotopic (exact) mass is 359 g/mol. The number of aryl methyl sites for hydroxylation is 1. The summed E-state index contributed by atoms with van der Waals surface area (Å²) in [4.78, 5) is 9.55. The van der Waals surface area contributed by atoms with Crippen LogP contribution in [0.3, 0.4) is 0 Å². The van der Waals surface area contributed by atoms with Gasteiger partial charge in [-0.1, -0.05) is 34.1 Å². The minimum absolute atomic E-state index is 0.970. The first-order valence-electron chi connectivity index (χ1n) is 7.80. The zero-order chi connectivity index (χ0) is 15.4. The summed E-state index contributed by atoms with van der Waals surface area (Å²) in [6.07, 6.45) is 1.89. The molecule has 0 N–H and O–H groups in total. The molecule has 4 heteroatoms. The molecular weight excluding hydrogens is 338 g/mol. The van der Waals surface area contributed by atoms with Gasteiger partial charge in [0.05, 0.1) is 5.69 Å². The second kappa shape index (κ2) is 7.36. The van der Waals surface area contributed by atoms with Crippen LogP contribution in [-0.2, 0) is 13.1 Å². The average molecular weight is 360 g/mol. The number of benzene rings is 1. The molecule has 2 heterocycles. The van der Waals surface area contributed by atoms with Crippen LogP contribution >= 0.6 is 15.9 Å². The van der Waals surface area contributed by atoms with E-state index in [1.807, 2.05) is 12.3 Å². The summed E-state index contributed by atoms with van der Waals surface area (Å²) < 4.78 is 1.16. The van der Waals surface area contributed by atoms with E-state index in [0.717, 1.165) is 43.7 Å². The van der Waals surface area contributed by atoms with Crippen LogP contribution in [-0.4, -0.2) is 41.0 Å². The smallest absolute Gasteiger partial charge is 0.0573 e. The van der Waals surface area contributed by atoms with Crippen molar-refractivity contribution >= 4 is 15.9 Å². The highest BCUT2D eigenvalue weighted by molar-refractivity contribution is 9.10. The molecule has 3 nitrogen and oxygen atoms in total. The van der Waals surface area contributed by atoms with Gasteiger partial charge in [0.25, 0.3) is 0 Å². The number of aromatic nitrogens is 1. The first-order valence-corrected chi connectivity index (χ1v) is 8.59. The largest absolute Gasteiger partial charge is 0.297 e. The van der Waals surface area contributed by atoms with Crippen LogP contribution in [0.15, 0.2) is 47.1 Å². The molecule has 1 aliphatic rings. The standard InChI is InChI=1S/C18H22BrN3/c1-15-4-3-7-20-18(15)14-22-10-8-21(9-11-22)13-16-5-2-6-17(19)12-16/h2-7,12H,8-11,13-14H2,1H3. The van der Waals surface area contributed by atoms with Crippen molar-refractivity contribution in [2.24, 2.45) is 0 Å². The zero-order valence-electron chi connectivity index (χ0n) is 13.0. The van der Waals surface area contributed by atoms with Crippen molar-refractivity contribution in [2.45, 2.75) is 20.0 Å². The summed E-state index contributed by atoms with van der Waals surface area (Å²) in [5.41, 5.74) is 3.88. The van der Waals surface area contributed by atoms with E-state index in [1.165, 1.54) is 16.8 Å². The summed E-state index contributed by atoms with van der Waals surface area (Å²) in [7, 11) is 0. The summed E-state index contributed by atoms with van der Waals surface area (Å²) in [6, 6.07) is 12.8. The Morgan fingerprint density at radius 3 is 2.41 bits per heavy atom. The van der Waals surface area contributed by atoms with Crippen molar-refractivity contribution in [3.05, 3.63) is 63.9 Å². The molecular formula is C18H22BrN3. The number of hydrogen-bond acceptors (Lipinski definition) is 3. The fourth-order valence-electron chi connectivity index (χ4n) is 2.89. The first-order chi connectivity index (χ1) is 10.7.